The number of pyridine rings is 1. The first-order valence-corrected chi connectivity index (χ1v) is 22.1. The number of ether oxygens (including phenoxy) is 7. The third-order valence-corrected chi connectivity index (χ3v) is 12.0. The molecule has 18 heteroatoms. The Morgan fingerprint density at radius 1 is 0.692 bits per heavy atom. The molecule has 0 amide bonds. The third kappa shape index (κ3) is 13.2. The maximum Gasteiger partial charge on any atom is 0.338 e. The average molecular weight is 931 g/mol. The predicted molar refractivity (Wildman–Crippen MR) is 237 cm³/mol. The van der Waals surface area contributed by atoms with E-state index in [1.54, 1.807) is 12.3 Å². The molecule has 3 heterocycles. The average Bonchev–Trinajstić information content (AvgIpc) is 3.28. The molecule has 2 aliphatic rings. The number of aromatic nitrogens is 1. The lowest BCUT2D eigenvalue weighted by atomic mass is 9.84. The van der Waals surface area contributed by atoms with E-state index in [-0.39, 0.29) is 37.7 Å². The van der Waals surface area contributed by atoms with E-state index in [0.717, 1.165) is 41.7 Å². The summed E-state index contributed by atoms with van der Waals surface area (Å²) in [6.45, 7) is 4.48. The molecule has 2 saturated heterocycles. The summed E-state index contributed by atoms with van der Waals surface area (Å²) in [5, 5.41) is 23.2. The van der Waals surface area contributed by atoms with Crippen LogP contribution in [-0.4, -0.2) is 99.0 Å². The van der Waals surface area contributed by atoms with Gasteiger partial charge in [0.15, 0.2) is 24.6 Å². The fourth-order valence-corrected chi connectivity index (χ4v) is 9.00. The fourth-order valence-electron chi connectivity index (χ4n) is 7.71. The van der Waals surface area contributed by atoms with Gasteiger partial charge >= 0.3 is 29.8 Å². The van der Waals surface area contributed by atoms with Crippen molar-refractivity contribution in [2.24, 2.45) is 0 Å². The molecule has 0 spiro atoms. The lowest BCUT2D eigenvalue weighted by Gasteiger charge is -2.44. The minimum atomic E-state index is -1.31. The number of rotatable bonds is 17. The van der Waals surface area contributed by atoms with Crippen LogP contribution in [0.15, 0.2) is 102 Å². The number of nitrogens with one attached hydrogen (secondary N) is 1. The minimum absolute atomic E-state index is 0.0225. The third-order valence-electron chi connectivity index (χ3n) is 10.6. The molecule has 6 rings (SSSR count). The van der Waals surface area contributed by atoms with Gasteiger partial charge in [0.2, 0.25) is 0 Å². The van der Waals surface area contributed by atoms with Crippen molar-refractivity contribution in [3.05, 3.63) is 131 Å². The summed E-state index contributed by atoms with van der Waals surface area (Å²) in [7, 11) is 0. The van der Waals surface area contributed by atoms with Gasteiger partial charge in [0.1, 0.15) is 23.8 Å². The van der Waals surface area contributed by atoms with Crippen LogP contribution in [0, 0.1) is 0 Å². The second-order valence-electron chi connectivity index (χ2n) is 15.3. The topological polar surface area (TPSA) is 215 Å². The molecule has 1 unspecified atom stereocenters. The molecule has 0 saturated carbocycles. The highest BCUT2D eigenvalue weighted by molar-refractivity contribution is 7.99. The Morgan fingerprint density at radius 2 is 1.31 bits per heavy atom. The number of thioether (sulfide) groups is 1. The SMILES string of the molecule is CC(=O)OC[C@H]1O[C@@H](CC(=S)NCc2ccc(C3O[C@H](CSc4ncccc4C(=O)O)[C@@H](c4ccccc4)[C@H](c4ccc(CO)cc4)O3)cc2)[C@H](OC(C)=O)[C@@H](OC(C)=O)[C@@H]1OC(C)=O. The summed E-state index contributed by atoms with van der Waals surface area (Å²) >= 11 is 7.01. The highest BCUT2D eigenvalue weighted by atomic mass is 32.2. The number of esters is 4. The van der Waals surface area contributed by atoms with Crippen LogP contribution in [-0.2, 0) is 65.5 Å². The van der Waals surface area contributed by atoms with Crippen molar-refractivity contribution in [2.45, 2.75) is 107 Å². The summed E-state index contributed by atoms with van der Waals surface area (Å²) in [5.41, 5.74) is 4.23. The molecule has 4 aromatic rings. The van der Waals surface area contributed by atoms with Crippen molar-refractivity contribution in [1.82, 2.24) is 10.3 Å². The molecule has 0 radical (unpaired) electrons. The lowest BCUT2D eigenvalue weighted by Crippen LogP contribution is -2.62. The number of aliphatic hydroxyl groups excluding tert-OH is 1. The monoisotopic (exact) mass is 930 g/mol. The Bertz CT molecular complexity index is 2300. The fraction of sp³-hybridized carbons (Fsp3) is 0.383. The smallest absolute Gasteiger partial charge is 0.338 e. The first kappa shape index (κ1) is 48.7. The molecule has 2 aliphatic heterocycles. The van der Waals surface area contributed by atoms with Crippen molar-refractivity contribution in [3.63, 3.8) is 0 Å². The van der Waals surface area contributed by atoms with Crippen LogP contribution in [0.25, 0.3) is 0 Å². The highest BCUT2D eigenvalue weighted by Gasteiger charge is 2.52. The maximum absolute atomic E-state index is 12.3. The van der Waals surface area contributed by atoms with Crippen LogP contribution in [0.5, 0.6) is 0 Å². The predicted octanol–water partition coefficient (Wildman–Crippen LogP) is 5.94. The first-order chi connectivity index (χ1) is 31.2. The summed E-state index contributed by atoms with van der Waals surface area (Å²) in [5.74, 6) is -3.84. The number of nitrogens with zero attached hydrogens (tertiary/aromatic N) is 1. The number of carboxylic acids is 1. The minimum Gasteiger partial charge on any atom is -0.478 e. The molecule has 3 aromatic carbocycles. The summed E-state index contributed by atoms with van der Waals surface area (Å²) < 4.78 is 41.6. The summed E-state index contributed by atoms with van der Waals surface area (Å²) in [6, 6.07) is 28.0. The Balaban J connectivity index is 1.21. The van der Waals surface area contributed by atoms with Crippen molar-refractivity contribution in [3.8, 4) is 0 Å². The summed E-state index contributed by atoms with van der Waals surface area (Å²) in [4.78, 5) is 65.2. The van der Waals surface area contributed by atoms with Gasteiger partial charge < -0.3 is 48.7 Å². The Labute approximate surface area is 385 Å². The number of benzene rings is 3. The van der Waals surface area contributed by atoms with E-state index in [0.29, 0.717) is 15.8 Å². The van der Waals surface area contributed by atoms with Gasteiger partial charge in [0, 0.05) is 64.1 Å². The molecule has 2 fully saturated rings. The number of carbonyl (C=O) groups is 5. The number of carboxylic acid groups (broad SMARTS) is 1. The normalized spacial score (nSPS) is 23.9. The molecule has 0 aliphatic carbocycles. The second-order valence-corrected chi connectivity index (χ2v) is 16.8. The largest absolute Gasteiger partial charge is 0.478 e. The van der Waals surface area contributed by atoms with E-state index in [1.165, 1.54) is 31.7 Å². The van der Waals surface area contributed by atoms with E-state index < -0.39 is 78.9 Å². The van der Waals surface area contributed by atoms with Crippen LogP contribution in [0.2, 0.25) is 0 Å². The van der Waals surface area contributed by atoms with Crippen molar-refractivity contribution < 1.29 is 67.3 Å². The van der Waals surface area contributed by atoms with Gasteiger partial charge in [-0.05, 0) is 34.4 Å². The van der Waals surface area contributed by atoms with Gasteiger partial charge in [-0.2, -0.15) is 0 Å². The van der Waals surface area contributed by atoms with E-state index in [1.807, 2.05) is 78.9 Å². The van der Waals surface area contributed by atoms with E-state index in [9.17, 15) is 34.2 Å². The molecule has 344 valence electrons. The molecular weight excluding hydrogens is 881 g/mol. The molecular formula is C47H50N2O14S2. The number of aromatic carboxylic acids is 1. The van der Waals surface area contributed by atoms with Gasteiger partial charge in [-0.15, -0.1) is 11.8 Å². The van der Waals surface area contributed by atoms with Crippen LogP contribution in [0.3, 0.4) is 0 Å². The molecule has 9 atom stereocenters. The molecule has 0 bridgehead atoms. The van der Waals surface area contributed by atoms with Gasteiger partial charge in [-0.1, -0.05) is 91.1 Å². The summed E-state index contributed by atoms with van der Waals surface area (Å²) in [6.07, 6.45) is -6.23. The van der Waals surface area contributed by atoms with Crippen molar-refractivity contribution in [2.75, 3.05) is 12.4 Å². The van der Waals surface area contributed by atoms with Gasteiger partial charge in [0.05, 0.1) is 29.4 Å². The first-order valence-electron chi connectivity index (χ1n) is 20.7. The molecule has 65 heavy (non-hydrogen) atoms. The zero-order valence-corrected chi connectivity index (χ0v) is 37.7. The number of hydrogen-bond donors (Lipinski definition) is 3. The van der Waals surface area contributed by atoms with E-state index in [2.05, 4.69) is 10.3 Å². The van der Waals surface area contributed by atoms with Gasteiger partial charge in [0.25, 0.3) is 0 Å². The Hall–Kier alpha value is -5.76. The quantitative estimate of drug-likeness (QED) is 0.0484. The van der Waals surface area contributed by atoms with Crippen molar-refractivity contribution >= 4 is 58.8 Å². The zero-order chi connectivity index (χ0) is 46.6. The van der Waals surface area contributed by atoms with E-state index in [4.69, 9.17) is 45.4 Å². The van der Waals surface area contributed by atoms with Crippen molar-refractivity contribution in [1.29, 1.82) is 0 Å². The number of thiocarbonyl (C=S) groups is 1. The second kappa shape index (κ2) is 22.9. The molecule has 3 N–H and O–H groups in total. The van der Waals surface area contributed by atoms with Crippen LogP contribution in [0.1, 0.15) is 90.6 Å². The number of carbonyl (C=O) groups excluding carboxylic acids is 4. The molecule has 1 aromatic heterocycles. The van der Waals surface area contributed by atoms with Crippen LogP contribution < -0.4 is 5.32 Å². The van der Waals surface area contributed by atoms with Crippen LogP contribution in [0.4, 0.5) is 0 Å². The highest BCUT2D eigenvalue weighted by Crippen LogP contribution is 2.48. The Kier molecular flexibility index (Phi) is 17.2. The standard InChI is InChI=1S/C47H50N2O14S2/c1-26(51)57-24-37-43(59-28(3)53)44(60-29(4)54)42(58-27(2)52)36(61-37)21-39(64)49-22-30-12-18-34(19-13-30)47-62-38(25-65-45-35(46(55)56)11-8-20-48-45)40(32-9-6-5-7-10-32)41(63-47)33-16-14-31(23-50)15-17-33/h5-20,36-38,40-44,47,50H,21-25H2,1-4H3,(H,49,64)(H,55,56)/t36-,37+,38+,40+,41-,42-,43+,44+,47?/m0/s1. The van der Waals surface area contributed by atoms with Gasteiger partial charge in [-0.3, -0.25) is 19.2 Å². The lowest BCUT2D eigenvalue weighted by molar-refractivity contribution is -0.255. The van der Waals surface area contributed by atoms with Gasteiger partial charge in [-0.25, -0.2) is 9.78 Å². The Morgan fingerprint density at radius 3 is 1.92 bits per heavy atom. The number of aliphatic hydroxyl groups is 1. The zero-order valence-electron chi connectivity index (χ0n) is 36.0. The van der Waals surface area contributed by atoms with Crippen LogP contribution >= 0.6 is 24.0 Å². The van der Waals surface area contributed by atoms with E-state index >= 15 is 0 Å². The number of hydrogen-bond acceptors (Lipinski definition) is 16. The molecule has 16 nitrogen and oxygen atoms in total. The maximum atomic E-state index is 12.3.